The maximum Gasteiger partial charge on any atom is 0.212 e. The van der Waals surface area contributed by atoms with Crippen LogP contribution in [0.5, 0.6) is 0 Å². The van der Waals surface area contributed by atoms with E-state index in [1.165, 1.54) is 23.5 Å². The summed E-state index contributed by atoms with van der Waals surface area (Å²) in [5.41, 5.74) is 3.44. The molecule has 0 saturated heterocycles. The fourth-order valence-corrected chi connectivity index (χ4v) is 2.00. The van der Waals surface area contributed by atoms with Crippen LogP contribution in [0.1, 0.15) is 0 Å². The lowest BCUT2D eigenvalue weighted by Gasteiger charge is -1.94. The lowest BCUT2D eigenvalue weighted by molar-refractivity contribution is 0.628. The van der Waals surface area contributed by atoms with E-state index in [9.17, 15) is 4.39 Å². The molecule has 0 fully saturated rings. The number of halogens is 1. The minimum absolute atomic E-state index is 0.238. The highest BCUT2D eigenvalue weighted by Gasteiger charge is 2.05. The van der Waals surface area contributed by atoms with Crippen molar-refractivity contribution in [2.75, 3.05) is 0 Å². The zero-order chi connectivity index (χ0) is 10.3. The third kappa shape index (κ3) is 1.41. The molecule has 74 valence electrons. The average molecular weight is 219 g/mol. The van der Waals surface area contributed by atoms with E-state index in [1.807, 2.05) is 6.20 Å². The summed E-state index contributed by atoms with van der Waals surface area (Å²) in [6.07, 6.45) is 1.83. The predicted octanol–water partition coefficient (Wildman–Crippen LogP) is 2.60. The number of imidazole rings is 1. The van der Waals surface area contributed by atoms with Gasteiger partial charge in [0.2, 0.25) is 4.96 Å². The highest BCUT2D eigenvalue weighted by Crippen LogP contribution is 2.20. The first-order valence-electron chi connectivity index (χ1n) is 4.38. The van der Waals surface area contributed by atoms with E-state index >= 15 is 0 Å². The van der Waals surface area contributed by atoms with Crippen LogP contribution in [-0.4, -0.2) is 14.6 Å². The van der Waals surface area contributed by atoms with Crippen molar-refractivity contribution in [2.45, 2.75) is 0 Å². The van der Waals surface area contributed by atoms with Gasteiger partial charge in [-0.25, -0.2) is 13.9 Å². The molecule has 0 bridgehead atoms. The quantitative estimate of drug-likeness (QED) is 0.629. The lowest BCUT2D eigenvalue weighted by atomic mass is 10.2. The summed E-state index contributed by atoms with van der Waals surface area (Å²) in [6.45, 7) is 0. The van der Waals surface area contributed by atoms with E-state index in [4.69, 9.17) is 0 Å². The number of hydrogen-bond donors (Lipinski definition) is 0. The SMILES string of the molecule is Fc1ccc(-c2cn3ncsc3n2)cc1. The van der Waals surface area contributed by atoms with Crippen LogP contribution in [0.3, 0.4) is 0 Å². The van der Waals surface area contributed by atoms with Crippen LogP contribution >= 0.6 is 11.3 Å². The Bertz CT molecular complexity index is 568. The number of aromatic nitrogens is 3. The van der Waals surface area contributed by atoms with Gasteiger partial charge in [0.15, 0.2) is 0 Å². The topological polar surface area (TPSA) is 30.2 Å². The average Bonchev–Trinajstić information content (AvgIpc) is 2.78. The molecule has 2 aromatic heterocycles. The summed E-state index contributed by atoms with van der Waals surface area (Å²) < 4.78 is 14.4. The molecule has 1 aromatic carbocycles. The number of fused-ring (bicyclic) bond motifs is 1. The molecule has 3 aromatic rings. The van der Waals surface area contributed by atoms with Gasteiger partial charge in [-0.05, 0) is 24.3 Å². The highest BCUT2D eigenvalue weighted by molar-refractivity contribution is 7.14. The van der Waals surface area contributed by atoms with E-state index < -0.39 is 0 Å². The van der Waals surface area contributed by atoms with Gasteiger partial charge in [0, 0.05) is 5.56 Å². The van der Waals surface area contributed by atoms with Crippen molar-refractivity contribution < 1.29 is 4.39 Å². The molecular formula is C10H6FN3S. The monoisotopic (exact) mass is 219 g/mol. The summed E-state index contributed by atoms with van der Waals surface area (Å²) in [5.74, 6) is -0.238. The molecular weight excluding hydrogens is 213 g/mol. The van der Waals surface area contributed by atoms with Gasteiger partial charge in [-0.1, -0.05) is 11.3 Å². The normalized spacial score (nSPS) is 11.0. The first kappa shape index (κ1) is 8.55. The Morgan fingerprint density at radius 2 is 2.00 bits per heavy atom. The van der Waals surface area contributed by atoms with Gasteiger partial charge in [0.05, 0.1) is 11.9 Å². The summed E-state index contributed by atoms with van der Waals surface area (Å²) in [4.78, 5) is 5.21. The summed E-state index contributed by atoms with van der Waals surface area (Å²) >= 11 is 1.47. The van der Waals surface area contributed by atoms with Crippen LogP contribution in [0.15, 0.2) is 36.0 Å². The van der Waals surface area contributed by atoms with Crippen molar-refractivity contribution in [1.82, 2.24) is 14.6 Å². The molecule has 0 unspecified atom stereocenters. The molecule has 0 atom stereocenters. The Kier molecular flexibility index (Phi) is 1.78. The molecule has 0 radical (unpaired) electrons. The van der Waals surface area contributed by atoms with E-state index in [1.54, 1.807) is 22.2 Å². The van der Waals surface area contributed by atoms with Gasteiger partial charge in [-0.2, -0.15) is 5.10 Å². The minimum Gasteiger partial charge on any atom is -0.217 e. The fourth-order valence-electron chi connectivity index (χ4n) is 1.40. The number of rotatable bonds is 1. The van der Waals surface area contributed by atoms with E-state index in [0.29, 0.717) is 0 Å². The zero-order valence-electron chi connectivity index (χ0n) is 7.59. The van der Waals surface area contributed by atoms with E-state index in [2.05, 4.69) is 10.1 Å². The van der Waals surface area contributed by atoms with Gasteiger partial charge < -0.3 is 0 Å². The molecule has 15 heavy (non-hydrogen) atoms. The van der Waals surface area contributed by atoms with Crippen molar-refractivity contribution in [3.8, 4) is 11.3 Å². The van der Waals surface area contributed by atoms with Gasteiger partial charge in [0.1, 0.15) is 11.3 Å². The molecule has 0 aliphatic rings. The fraction of sp³-hybridized carbons (Fsp3) is 0. The van der Waals surface area contributed by atoms with Crippen LogP contribution < -0.4 is 0 Å². The molecule has 0 aliphatic heterocycles. The van der Waals surface area contributed by atoms with Crippen LogP contribution in [0.25, 0.3) is 16.2 Å². The Balaban J connectivity index is 2.13. The number of benzene rings is 1. The van der Waals surface area contributed by atoms with Crippen LogP contribution in [-0.2, 0) is 0 Å². The zero-order valence-corrected chi connectivity index (χ0v) is 8.41. The largest absolute Gasteiger partial charge is 0.217 e. The molecule has 3 rings (SSSR count). The Hall–Kier alpha value is -1.75. The molecule has 2 heterocycles. The minimum atomic E-state index is -0.238. The Morgan fingerprint density at radius 1 is 1.20 bits per heavy atom. The third-order valence-corrected chi connectivity index (χ3v) is 2.82. The second-order valence-electron chi connectivity index (χ2n) is 3.10. The Labute approximate surface area is 88.8 Å². The van der Waals surface area contributed by atoms with Crippen molar-refractivity contribution in [3.05, 3.63) is 41.8 Å². The van der Waals surface area contributed by atoms with Crippen molar-refractivity contribution >= 4 is 16.3 Å². The summed E-state index contributed by atoms with van der Waals surface area (Å²) in [7, 11) is 0. The van der Waals surface area contributed by atoms with Gasteiger partial charge in [0.25, 0.3) is 0 Å². The second-order valence-corrected chi connectivity index (χ2v) is 3.91. The lowest BCUT2D eigenvalue weighted by Crippen LogP contribution is -1.79. The number of nitrogens with zero attached hydrogens (tertiary/aromatic N) is 3. The highest BCUT2D eigenvalue weighted by atomic mass is 32.1. The molecule has 0 saturated carbocycles. The molecule has 0 N–H and O–H groups in total. The molecule has 5 heteroatoms. The van der Waals surface area contributed by atoms with E-state index in [0.717, 1.165) is 16.2 Å². The van der Waals surface area contributed by atoms with E-state index in [-0.39, 0.29) is 5.82 Å². The summed E-state index contributed by atoms with van der Waals surface area (Å²) in [5, 5.41) is 4.08. The van der Waals surface area contributed by atoms with Crippen LogP contribution in [0, 0.1) is 5.82 Å². The van der Waals surface area contributed by atoms with Crippen LogP contribution in [0.4, 0.5) is 4.39 Å². The molecule has 0 amide bonds. The predicted molar refractivity (Wildman–Crippen MR) is 56.3 cm³/mol. The Morgan fingerprint density at radius 3 is 2.73 bits per heavy atom. The second kappa shape index (κ2) is 3.13. The molecule has 0 spiro atoms. The standard InChI is InChI=1S/C10H6FN3S/c11-8-3-1-7(2-4-8)9-5-14-10(13-9)15-6-12-14/h1-6H. The summed E-state index contributed by atoms with van der Waals surface area (Å²) in [6, 6.07) is 6.27. The maximum absolute atomic E-state index is 12.7. The van der Waals surface area contributed by atoms with Crippen molar-refractivity contribution in [2.24, 2.45) is 0 Å². The van der Waals surface area contributed by atoms with Crippen molar-refractivity contribution in [1.29, 1.82) is 0 Å². The first-order valence-corrected chi connectivity index (χ1v) is 5.26. The smallest absolute Gasteiger partial charge is 0.212 e. The van der Waals surface area contributed by atoms with Gasteiger partial charge in [-0.3, -0.25) is 0 Å². The van der Waals surface area contributed by atoms with Gasteiger partial charge >= 0.3 is 0 Å². The molecule has 3 nitrogen and oxygen atoms in total. The van der Waals surface area contributed by atoms with Crippen molar-refractivity contribution in [3.63, 3.8) is 0 Å². The maximum atomic E-state index is 12.7. The van der Waals surface area contributed by atoms with Crippen LogP contribution in [0.2, 0.25) is 0 Å². The first-order chi connectivity index (χ1) is 7.33. The number of hydrogen-bond acceptors (Lipinski definition) is 3. The third-order valence-electron chi connectivity index (χ3n) is 2.13. The molecule has 0 aliphatic carbocycles. The van der Waals surface area contributed by atoms with Gasteiger partial charge in [-0.15, -0.1) is 0 Å².